The number of rotatable bonds is 23. The predicted octanol–water partition coefficient (Wildman–Crippen LogP) is 4.53. The summed E-state index contributed by atoms with van der Waals surface area (Å²) in [6, 6.07) is 10.6. The number of carboxylic acid groups (broad SMARTS) is 1. The second-order valence-electron chi connectivity index (χ2n) is 15.1. The molecule has 3 aromatic rings. The molecule has 0 saturated carbocycles. The Hall–Kier alpha value is -5.07. The van der Waals surface area contributed by atoms with E-state index in [-0.39, 0.29) is 31.3 Å². The summed E-state index contributed by atoms with van der Waals surface area (Å²) in [5, 5.41) is 24.6. The highest BCUT2D eigenvalue weighted by Gasteiger charge is 2.31. The molecular formula is C41H56N8O8S2. The zero-order chi connectivity index (χ0) is 42.9. The van der Waals surface area contributed by atoms with E-state index < -0.39 is 54.0 Å². The number of thiazole rings is 1. The van der Waals surface area contributed by atoms with Crippen molar-refractivity contribution in [2.45, 2.75) is 96.5 Å². The fourth-order valence-electron chi connectivity index (χ4n) is 6.15. The molecule has 4 atom stereocenters. The number of aliphatic imine (C=N–C) groups is 1. The van der Waals surface area contributed by atoms with Crippen molar-refractivity contribution in [2.75, 3.05) is 38.3 Å². The third-order valence-corrected chi connectivity index (χ3v) is 11.4. The Morgan fingerprint density at radius 1 is 0.881 bits per heavy atom. The fraction of sp³-hybridized carbons (Fsp3) is 0.512. The second kappa shape index (κ2) is 23.5. The van der Waals surface area contributed by atoms with E-state index in [0.29, 0.717) is 59.2 Å². The van der Waals surface area contributed by atoms with Gasteiger partial charge in [-0.05, 0) is 95.3 Å². The van der Waals surface area contributed by atoms with Crippen LogP contribution in [0, 0.1) is 5.92 Å². The van der Waals surface area contributed by atoms with E-state index in [4.69, 9.17) is 4.74 Å². The van der Waals surface area contributed by atoms with E-state index >= 15 is 0 Å². The summed E-state index contributed by atoms with van der Waals surface area (Å²) in [5.41, 5.74) is 1.92. The van der Waals surface area contributed by atoms with Gasteiger partial charge in [-0.1, -0.05) is 44.2 Å². The Morgan fingerprint density at radius 2 is 1.56 bits per heavy atom. The van der Waals surface area contributed by atoms with Crippen LogP contribution >= 0.6 is 23.1 Å². The highest BCUT2D eigenvalue weighted by molar-refractivity contribution is 8.15. The van der Waals surface area contributed by atoms with Crippen LogP contribution in [0.3, 0.4) is 0 Å². The molecule has 2 heterocycles. The number of nitrogens with zero attached hydrogens (tertiary/aromatic N) is 3. The van der Waals surface area contributed by atoms with Crippen LogP contribution in [0.25, 0.3) is 10.2 Å². The lowest BCUT2D eigenvalue weighted by Crippen LogP contribution is -2.56. The van der Waals surface area contributed by atoms with Crippen LogP contribution in [0.5, 0.6) is 0 Å². The Balaban J connectivity index is 1.49. The van der Waals surface area contributed by atoms with Crippen LogP contribution in [0.4, 0.5) is 10.5 Å². The van der Waals surface area contributed by atoms with Crippen molar-refractivity contribution >= 4 is 79.7 Å². The van der Waals surface area contributed by atoms with E-state index in [1.807, 2.05) is 63.2 Å². The molecule has 1 aliphatic rings. The van der Waals surface area contributed by atoms with Gasteiger partial charge in [0.25, 0.3) is 0 Å². The fourth-order valence-corrected chi connectivity index (χ4v) is 8.25. The van der Waals surface area contributed by atoms with E-state index in [9.17, 15) is 33.9 Å². The van der Waals surface area contributed by atoms with Crippen LogP contribution in [0.15, 0.2) is 53.5 Å². The maximum Gasteiger partial charge on any atom is 0.408 e. The molecule has 0 saturated heterocycles. The minimum absolute atomic E-state index is 0.0218. The number of ether oxygens (including phenoxy) is 1. The standard InChI is InChI=1S/C41H56N8O8S2/c1-25(2)21-32(48-41(56)57-23-27-13-7-6-8-14-27)37(53)45-31(16-10-12-20-49(4)5)36(52)44-30(15-9-11-19-42-26(3)50)35(51)43-28-17-18-29-34(22-28)59-39(46-29)38-47-33(24-58-38)40(54)55/h6-8,13-14,17-18,22,25,30-33H,9-12,15-16,19-21,23-24H2,1-5H3,(H,42,50)(H,43,51)(H,44,52)(H,45,53)(H,48,56)(H,54,55)/t30-,31-,32-,33+/m0/s1. The first-order valence-electron chi connectivity index (χ1n) is 19.8. The van der Waals surface area contributed by atoms with Gasteiger partial charge in [0.05, 0.1) is 10.2 Å². The molecule has 0 bridgehead atoms. The third-order valence-electron chi connectivity index (χ3n) is 9.21. The molecule has 16 nitrogen and oxygen atoms in total. The van der Waals surface area contributed by atoms with E-state index in [2.05, 4.69) is 36.6 Å². The Morgan fingerprint density at radius 3 is 2.20 bits per heavy atom. The minimum atomic E-state index is -1.01. The number of alkyl carbamates (subject to hydrolysis) is 1. The topological polar surface area (TPSA) is 221 Å². The number of anilines is 1. The molecule has 2 aromatic carbocycles. The van der Waals surface area contributed by atoms with Crippen molar-refractivity contribution in [1.82, 2.24) is 31.2 Å². The Labute approximate surface area is 353 Å². The summed E-state index contributed by atoms with van der Waals surface area (Å²) in [5.74, 6) is -2.36. The number of hydrogen-bond donors (Lipinski definition) is 6. The number of thioether (sulfide) groups is 1. The number of carbonyl (C=O) groups excluding carboxylic acids is 5. The number of nitrogens with one attached hydrogen (secondary N) is 5. The number of carbonyl (C=O) groups is 6. The quantitative estimate of drug-likeness (QED) is 0.0728. The predicted molar refractivity (Wildman–Crippen MR) is 230 cm³/mol. The number of aliphatic carboxylic acids is 1. The van der Waals surface area contributed by atoms with Gasteiger partial charge in [-0.3, -0.25) is 24.2 Å². The zero-order valence-electron chi connectivity index (χ0n) is 34.2. The number of fused-ring (bicyclic) bond motifs is 1. The smallest absolute Gasteiger partial charge is 0.408 e. The number of amides is 5. The molecule has 0 fully saturated rings. The van der Waals surface area contributed by atoms with Crippen LogP contribution in [-0.2, 0) is 35.3 Å². The van der Waals surface area contributed by atoms with Crippen LogP contribution < -0.4 is 26.6 Å². The summed E-state index contributed by atoms with van der Waals surface area (Å²) in [7, 11) is 3.90. The first kappa shape index (κ1) is 46.6. The molecule has 320 valence electrons. The maximum atomic E-state index is 14.1. The average Bonchev–Trinajstić information content (AvgIpc) is 3.85. The van der Waals surface area contributed by atoms with Gasteiger partial charge in [-0.15, -0.1) is 23.1 Å². The third kappa shape index (κ3) is 15.9. The minimum Gasteiger partial charge on any atom is -0.480 e. The van der Waals surface area contributed by atoms with Crippen LogP contribution in [0.1, 0.15) is 76.3 Å². The molecule has 59 heavy (non-hydrogen) atoms. The summed E-state index contributed by atoms with van der Waals surface area (Å²) in [4.78, 5) is 88.5. The number of benzene rings is 2. The molecule has 0 unspecified atom stereocenters. The molecule has 18 heteroatoms. The molecule has 5 amide bonds. The van der Waals surface area contributed by atoms with Crippen molar-refractivity contribution in [3.05, 3.63) is 59.1 Å². The molecule has 6 N–H and O–H groups in total. The first-order valence-corrected chi connectivity index (χ1v) is 21.6. The summed E-state index contributed by atoms with van der Waals surface area (Å²) in [6.07, 6.45) is 2.49. The summed E-state index contributed by atoms with van der Waals surface area (Å²) < 4.78 is 6.14. The van der Waals surface area contributed by atoms with Gasteiger partial charge in [0.1, 0.15) is 34.8 Å². The van der Waals surface area contributed by atoms with Gasteiger partial charge in [-0.25, -0.2) is 14.6 Å². The zero-order valence-corrected chi connectivity index (χ0v) is 35.9. The maximum absolute atomic E-state index is 14.1. The SMILES string of the molecule is CC(=O)NCCCC[C@H](NC(=O)[C@H](CCCCN(C)C)NC(=O)[C@H](CC(C)C)NC(=O)OCc1ccccc1)C(=O)Nc1ccc2nc(C3=N[C@@H](C(=O)O)CS3)sc2c1. The Kier molecular flexibility index (Phi) is 18.6. The van der Waals surface area contributed by atoms with Gasteiger partial charge in [0, 0.05) is 24.9 Å². The van der Waals surface area contributed by atoms with Crippen LogP contribution in [0.2, 0.25) is 0 Å². The number of aromatic nitrogens is 1. The van der Waals surface area contributed by atoms with E-state index in [1.54, 1.807) is 18.2 Å². The monoisotopic (exact) mass is 852 g/mol. The molecule has 4 rings (SSSR count). The lowest BCUT2D eigenvalue weighted by Gasteiger charge is -2.26. The summed E-state index contributed by atoms with van der Waals surface area (Å²) >= 11 is 2.67. The second-order valence-corrected chi connectivity index (χ2v) is 17.1. The lowest BCUT2D eigenvalue weighted by molar-refractivity contribution is -0.137. The van der Waals surface area contributed by atoms with Gasteiger partial charge >= 0.3 is 12.1 Å². The van der Waals surface area contributed by atoms with Gasteiger partial charge in [0.2, 0.25) is 23.6 Å². The highest BCUT2D eigenvalue weighted by Crippen LogP contribution is 2.31. The molecule has 1 aromatic heterocycles. The first-order chi connectivity index (χ1) is 28.2. The van der Waals surface area contributed by atoms with Gasteiger partial charge < -0.3 is 41.3 Å². The van der Waals surface area contributed by atoms with E-state index in [0.717, 1.165) is 23.2 Å². The van der Waals surface area contributed by atoms with Crippen molar-refractivity contribution in [3.63, 3.8) is 0 Å². The molecular weight excluding hydrogens is 797 g/mol. The molecule has 1 aliphatic heterocycles. The lowest BCUT2D eigenvalue weighted by atomic mass is 10.0. The molecule has 0 aliphatic carbocycles. The van der Waals surface area contributed by atoms with Crippen molar-refractivity contribution in [1.29, 1.82) is 0 Å². The van der Waals surface area contributed by atoms with Crippen LogP contribution in [-0.4, -0.2) is 113 Å². The molecule has 0 spiro atoms. The summed E-state index contributed by atoms with van der Waals surface area (Å²) in [6.45, 7) is 6.47. The van der Waals surface area contributed by atoms with Crippen molar-refractivity contribution < 1.29 is 38.6 Å². The largest absolute Gasteiger partial charge is 0.480 e. The van der Waals surface area contributed by atoms with Crippen molar-refractivity contribution in [2.24, 2.45) is 10.9 Å². The number of unbranched alkanes of at least 4 members (excludes halogenated alkanes) is 2. The number of hydrogen-bond acceptors (Lipinski definition) is 12. The normalized spacial score (nSPS) is 15.2. The Bertz CT molecular complexity index is 1940. The highest BCUT2D eigenvalue weighted by atomic mass is 32.2. The van der Waals surface area contributed by atoms with Gasteiger partial charge in [0.15, 0.2) is 6.04 Å². The molecule has 0 radical (unpaired) electrons. The van der Waals surface area contributed by atoms with Crippen molar-refractivity contribution in [3.8, 4) is 0 Å². The van der Waals surface area contributed by atoms with E-state index in [1.165, 1.54) is 30.0 Å². The number of carboxylic acids is 1. The van der Waals surface area contributed by atoms with Gasteiger partial charge in [-0.2, -0.15) is 0 Å². The average molecular weight is 853 g/mol.